The maximum absolute atomic E-state index is 12.8. The van der Waals surface area contributed by atoms with Gasteiger partial charge in [0.15, 0.2) is 5.11 Å². The molecule has 154 valence electrons. The molecule has 3 aromatic carbocycles. The lowest BCUT2D eigenvalue weighted by atomic mass is 10.1. The third-order valence-electron chi connectivity index (χ3n) is 4.25. The Hall–Kier alpha value is -2.90. The van der Waals surface area contributed by atoms with Crippen molar-refractivity contribution in [2.45, 2.75) is 6.42 Å². The standard InChI is InChI=1S/C23H21BrN2O3S/c1-28-19-10-8-18(9-11-19)25-23(30)26-22(27)20-15-17(24)7-12-21(20)29-14-13-16-5-3-2-4-6-16/h2-12,15H,13-14H2,1H3,(H2,25,26,27,30). The van der Waals surface area contributed by atoms with E-state index in [4.69, 9.17) is 21.7 Å². The van der Waals surface area contributed by atoms with Gasteiger partial charge < -0.3 is 14.8 Å². The molecule has 30 heavy (non-hydrogen) atoms. The van der Waals surface area contributed by atoms with Gasteiger partial charge in [0.05, 0.1) is 19.3 Å². The number of methoxy groups -OCH3 is 1. The molecule has 7 heteroatoms. The van der Waals surface area contributed by atoms with Gasteiger partial charge in [-0.05, 0) is 60.2 Å². The van der Waals surface area contributed by atoms with E-state index in [-0.39, 0.29) is 11.0 Å². The molecule has 3 rings (SSSR count). The van der Waals surface area contributed by atoms with Crippen molar-refractivity contribution in [3.8, 4) is 11.5 Å². The van der Waals surface area contributed by atoms with Crippen molar-refractivity contribution in [1.29, 1.82) is 0 Å². The van der Waals surface area contributed by atoms with Crippen LogP contribution in [0.25, 0.3) is 0 Å². The lowest BCUT2D eigenvalue weighted by molar-refractivity contribution is 0.0973. The van der Waals surface area contributed by atoms with Gasteiger partial charge in [-0.1, -0.05) is 46.3 Å². The Morgan fingerprint density at radius 1 is 1.03 bits per heavy atom. The van der Waals surface area contributed by atoms with Gasteiger partial charge in [0.2, 0.25) is 0 Å². The predicted octanol–water partition coefficient (Wildman–Crippen LogP) is 5.21. The first-order valence-corrected chi connectivity index (χ1v) is 10.5. The number of rotatable bonds is 7. The van der Waals surface area contributed by atoms with E-state index in [1.54, 1.807) is 31.4 Å². The van der Waals surface area contributed by atoms with Crippen molar-refractivity contribution in [3.05, 3.63) is 88.4 Å². The molecule has 1 amide bonds. The van der Waals surface area contributed by atoms with Crippen molar-refractivity contribution in [1.82, 2.24) is 5.32 Å². The number of benzene rings is 3. The Bertz CT molecular complexity index is 1010. The van der Waals surface area contributed by atoms with Gasteiger partial charge in [-0.15, -0.1) is 0 Å². The van der Waals surface area contributed by atoms with Crippen molar-refractivity contribution in [3.63, 3.8) is 0 Å². The van der Waals surface area contributed by atoms with Crippen LogP contribution in [-0.4, -0.2) is 24.7 Å². The fourth-order valence-corrected chi connectivity index (χ4v) is 3.31. The van der Waals surface area contributed by atoms with Crippen LogP contribution in [0.15, 0.2) is 77.3 Å². The first-order chi connectivity index (χ1) is 14.5. The van der Waals surface area contributed by atoms with Crippen molar-refractivity contribution in [2.75, 3.05) is 19.0 Å². The molecular formula is C23H21BrN2O3S. The topological polar surface area (TPSA) is 59.6 Å². The summed E-state index contributed by atoms with van der Waals surface area (Å²) in [6.07, 6.45) is 0.745. The van der Waals surface area contributed by atoms with E-state index in [0.29, 0.717) is 17.9 Å². The summed E-state index contributed by atoms with van der Waals surface area (Å²) in [4.78, 5) is 12.8. The monoisotopic (exact) mass is 484 g/mol. The first kappa shape index (κ1) is 21.8. The summed E-state index contributed by atoms with van der Waals surface area (Å²) in [6.45, 7) is 0.459. The number of thiocarbonyl (C=S) groups is 1. The highest BCUT2D eigenvalue weighted by Crippen LogP contribution is 2.24. The smallest absolute Gasteiger partial charge is 0.261 e. The Balaban J connectivity index is 1.62. The number of ether oxygens (including phenoxy) is 2. The van der Waals surface area contributed by atoms with Gasteiger partial charge in [-0.2, -0.15) is 0 Å². The van der Waals surface area contributed by atoms with E-state index in [1.165, 1.54) is 5.56 Å². The summed E-state index contributed by atoms with van der Waals surface area (Å²) in [5, 5.41) is 5.88. The summed E-state index contributed by atoms with van der Waals surface area (Å²) in [7, 11) is 1.60. The molecular weight excluding hydrogens is 464 g/mol. The maximum atomic E-state index is 12.8. The third-order valence-corrected chi connectivity index (χ3v) is 4.95. The minimum Gasteiger partial charge on any atom is -0.497 e. The number of carbonyl (C=O) groups is 1. The zero-order chi connectivity index (χ0) is 21.3. The fraction of sp³-hybridized carbons (Fsp3) is 0.130. The molecule has 5 nitrogen and oxygen atoms in total. The van der Waals surface area contributed by atoms with Crippen molar-refractivity contribution in [2.24, 2.45) is 0 Å². The minimum atomic E-state index is -0.350. The molecule has 2 N–H and O–H groups in total. The second-order valence-electron chi connectivity index (χ2n) is 6.36. The number of halogens is 1. The second-order valence-corrected chi connectivity index (χ2v) is 7.69. The SMILES string of the molecule is COc1ccc(NC(=S)NC(=O)c2cc(Br)ccc2OCCc2ccccc2)cc1. The molecule has 0 aromatic heterocycles. The van der Waals surface area contributed by atoms with Crippen molar-refractivity contribution >= 4 is 44.9 Å². The molecule has 0 atom stereocenters. The zero-order valence-corrected chi connectivity index (χ0v) is 18.8. The largest absolute Gasteiger partial charge is 0.497 e. The lowest BCUT2D eigenvalue weighted by Crippen LogP contribution is -2.34. The highest BCUT2D eigenvalue weighted by atomic mass is 79.9. The lowest BCUT2D eigenvalue weighted by Gasteiger charge is -2.14. The number of nitrogens with one attached hydrogen (secondary N) is 2. The van der Waals surface area contributed by atoms with Crippen LogP contribution in [0, 0.1) is 0 Å². The van der Waals surface area contributed by atoms with E-state index in [9.17, 15) is 4.79 Å². The van der Waals surface area contributed by atoms with Crippen LogP contribution in [0.4, 0.5) is 5.69 Å². The maximum Gasteiger partial charge on any atom is 0.261 e. The van der Waals surface area contributed by atoms with Gasteiger partial charge in [-0.3, -0.25) is 10.1 Å². The number of hydrogen-bond acceptors (Lipinski definition) is 4. The average Bonchev–Trinajstić information content (AvgIpc) is 2.76. The summed E-state index contributed by atoms with van der Waals surface area (Å²) in [6, 6.07) is 22.6. The number of anilines is 1. The van der Waals surface area contributed by atoms with E-state index < -0.39 is 0 Å². The van der Waals surface area contributed by atoms with E-state index in [2.05, 4.69) is 26.6 Å². The molecule has 0 bridgehead atoms. The summed E-state index contributed by atoms with van der Waals surface area (Å²) >= 11 is 8.68. The van der Waals surface area contributed by atoms with Crippen LogP contribution >= 0.6 is 28.1 Å². The minimum absolute atomic E-state index is 0.195. The Morgan fingerprint density at radius 2 is 1.77 bits per heavy atom. The molecule has 0 aliphatic heterocycles. The quantitative estimate of drug-likeness (QED) is 0.451. The van der Waals surface area contributed by atoms with Crippen LogP contribution in [0.2, 0.25) is 0 Å². The van der Waals surface area contributed by atoms with Gasteiger partial charge in [0.25, 0.3) is 5.91 Å². The highest BCUT2D eigenvalue weighted by molar-refractivity contribution is 9.10. The first-order valence-electron chi connectivity index (χ1n) is 9.28. The molecule has 0 heterocycles. The van der Waals surface area contributed by atoms with Crippen LogP contribution in [-0.2, 0) is 6.42 Å². The number of carbonyl (C=O) groups excluding carboxylic acids is 1. The second kappa shape index (κ2) is 10.8. The van der Waals surface area contributed by atoms with E-state index in [1.807, 2.05) is 48.5 Å². The van der Waals surface area contributed by atoms with Gasteiger partial charge >= 0.3 is 0 Å². The van der Waals surface area contributed by atoms with Gasteiger partial charge in [-0.25, -0.2) is 0 Å². The number of amides is 1. The molecule has 3 aromatic rings. The molecule has 0 spiro atoms. The van der Waals surface area contributed by atoms with Crippen LogP contribution < -0.4 is 20.1 Å². The molecule has 0 unspecified atom stereocenters. The zero-order valence-electron chi connectivity index (χ0n) is 16.4. The highest BCUT2D eigenvalue weighted by Gasteiger charge is 2.15. The van der Waals surface area contributed by atoms with Crippen molar-refractivity contribution < 1.29 is 14.3 Å². The van der Waals surface area contributed by atoms with Crippen LogP contribution in [0.1, 0.15) is 15.9 Å². The average molecular weight is 485 g/mol. The van der Waals surface area contributed by atoms with Crippen LogP contribution in [0.3, 0.4) is 0 Å². The van der Waals surface area contributed by atoms with E-state index >= 15 is 0 Å². The normalized spacial score (nSPS) is 10.2. The molecule has 0 aliphatic carbocycles. The van der Waals surface area contributed by atoms with Gasteiger partial charge in [0, 0.05) is 16.6 Å². The Labute approximate surface area is 189 Å². The van der Waals surface area contributed by atoms with Crippen LogP contribution in [0.5, 0.6) is 11.5 Å². The third kappa shape index (κ3) is 6.30. The molecule has 0 aliphatic rings. The predicted molar refractivity (Wildman–Crippen MR) is 126 cm³/mol. The summed E-state index contributed by atoms with van der Waals surface area (Å²) in [5.74, 6) is 0.887. The summed E-state index contributed by atoms with van der Waals surface area (Å²) < 4.78 is 11.8. The molecule has 0 fully saturated rings. The Kier molecular flexibility index (Phi) is 7.82. The Morgan fingerprint density at radius 3 is 2.47 bits per heavy atom. The molecule has 0 saturated carbocycles. The van der Waals surface area contributed by atoms with E-state index in [0.717, 1.165) is 22.3 Å². The fourth-order valence-electron chi connectivity index (χ4n) is 2.74. The number of hydrogen-bond donors (Lipinski definition) is 2. The molecule has 0 radical (unpaired) electrons. The van der Waals surface area contributed by atoms with Gasteiger partial charge in [0.1, 0.15) is 11.5 Å². The molecule has 0 saturated heterocycles. The summed E-state index contributed by atoms with van der Waals surface area (Å²) in [5.41, 5.74) is 2.32.